The van der Waals surface area contributed by atoms with Crippen LogP contribution in [0.15, 0.2) is 0 Å². The van der Waals surface area contributed by atoms with Crippen molar-refractivity contribution in [2.75, 3.05) is 27.2 Å². The highest BCUT2D eigenvalue weighted by atomic mass is 16.1. The second-order valence-corrected chi connectivity index (χ2v) is 4.93. The molecule has 0 bridgehead atoms. The van der Waals surface area contributed by atoms with Gasteiger partial charge < -0.3 is 10.2 Å². The zero-order valence-electron chi connectivity index (χ0n) is 12.1. The van der Waals surface area contributed by atoms with Crippen molar-refractivity contribution in [3.05, 3.63) is 17.0 Å². The molecular weight excluding hydrogens is 228 g/mol. The molecule has 0 saturated heterocycles. The molecule has 0 fully saturated rings. The fourth-order valence-electron chi connectivity index (χ4n) is 1.93. The number of rotatable bonds is 6. The third kappa shape index (κ3) is 4.14. The van der Waals surface area contributed by atoms with Crippen molar-refractivity contribution in [1.29, 1.82) is 0 Å². The van der Waals surface area contributed by atoms with Crippen molar-refractivity contribution >= 4 is 5.91 Å². The number of likely N-dealkylation sites (N-methyl/N-ethyl adjacent to an activating group) is 1. The number of hydrogen-bond acceptors (Lipinski definition) is 3. The molecule has 1 aromatic heterocycles. The molecule has 5 nitrogen and oxygen atoms in total. The van der Waals surface area contributed by atoms with Crippen LogP contribution in [0.25, 0.3) is 0 Å². The fourth-order valence-corrected chi connectivity index (χ4v) is 1.93. The first-order chi connectivity index (χ1) is 8.41. The molecule has 0 unspecified atom stereocenters. The molecule has 1 heterocycles. The minimum atomic E-state index is 0.111. The zero-order valence-corrected chi connectivity index (χ0v) is 12.1. The fraction of sp³-hybridized carbons (Fsp3) is 0.692. The van der Waals surface area contributed by atoms with E-state index in [-0.39, 0.29) is 5.91 Å². The maximum Gasteiger partial charge on any atom is 0.220 e. The van der Waals surface area contributed by atoms with Crippen molar-refractivity contribution in [2.24, 2.45) is 7.05 Å². The number of nitrogens with one attached hydrogen (secondary N) is 1. The van der Waals surface area contributed by atoms with Crippen LogP contribution in [0.1, 0.15) is 23.4 Å². The van der Waals surface area contributed by atoms with Gasteiger partial charge in [-0.3, -0.25) is 9.48 Å². The van der Waals surface area contributed by atoms with Gasteiger partial charge in [-0.2, -0.15) is 5.10 Å². The van der Waals surface area contributed by atoms with Gasteiger partial charge in [0, 0.05) is 32.3 Å². The molecular formula is C13H24N4O. The van der Waals surface area contributed by atoms with E-state index in [0.29, 0.717) is 13.0 Å². The summed E-state index contributed by atoms with van der Waals surface area (Å²) in [5, 5.41) is 7.27. The molecule has 18 heavy (non-hydrogen) atoms. The molecule has 0 aromatic carbocycles. The second-order valence-electron chi connectivity index (χ2n) is 4.93. The predicted molar refractivity (Wildman–Crippen MR) is 72.6 cm³/mol. The van der Waals surface area contributed by atoms with Crippen molar-refractivity contribution < 1.29 is 4.79 Å². The highest BCUT2D eigenvalue weighted by molar-refractivity contribution is 5.76. The lowest BCUT2D eigenvalue weighted by molar-refractivity contribution is -0.121. The predicted octanol–water partition coefficient (Wildman–Crippen LogP) is 0.647. The van der Waals surface area contributed by atoms with Gasteiger partial charge in [0.15, 0.2) is 0 Å². The Labute approximate surface area is 109 Å². The van der Waals surface area contributed by atoms with Crippen molar-refractivity contribution in [3.63, 3.8) is 0 Å². The Bertz CT molecular complexity index is 409. The van der Waals surface area contributed by atoms with Gasteiger partial charge >= 0.3 is 0 Å². The Kier molecular flexibility index (Phi) is 5.34. The summed E-state index contributed by atoms with van der Waals surface area (Å²) in [4.78, 5) is 13.7. The molecule has 0 atom stereocenters. The van der Waals surface area contributed by atoms with Crippen LogP contribution >= 0.6 is 0 Å². The Morgan fingerprint density at radius 3 is 2.56 bits per heavy atom. The van der Waals surface area contributed by atoms with Gasteiger partial charge in [0.1, 0.15) is 0 Å². The summed E-state index contributed by atoms with van der Waals surface area (Å²) in [6, 6.07) is 0. The first-order valence-corrected chi connectivity index (χ1v) is 6.32. The van der Waals surface area contributed by atoms with Crippen molar-refractivity contribution in [1.82, 2.24) is 20.0 Å². The maximum atomic E-state index is 11.7. The molecule has 0 saturated carbocycles. The van der Waals surface area contributed by atoms with E-state index in [1.165, 1.54) is 5.56 Å². The number of aryl methyl sites for hydroxylation is 2. The van der Waals surface area contributed by atoms with Gasteiger partial charge in [-0.05, 0) is 39.9 Å². The third-order valence-corrected chi connectivity index (χ3v) is 3.14. The first kappa shape index (κ1) is 14.7. The Morgan fingerprint density at radius 2 is 2.06 bits per heavy atom. The summed E-state index contributed by atoms with van der Waals surface area (Å²) in [7, 11) is 5.92. The molecule has 0 aliphatic rings. The van der Waals surface area contributed by atoms with E-state index in [0.717, 1.165) is 24.4 Å². The maximum absolute atomic E-state index is 11.7. The van der Waals surface area contributed by atoms with Gasteiger partial charge in [-0.25, -0.2) is 0 Å². The number of hydrogen-bond donors (Lipinski definition) is 1. The summed E-state index contributed by atoms with van der Waals surface area (Å²) in [5.41, 5.74) is 3.37. The third-order valence-electron chi connectivity index (χ3n) is 3.14. The first-order valence-electron chi connectivity index (χ1n) is 6.32. The lowest BCUT2D eigenvalue weighted by Gasteiger charge is -2.10. The number of aromatic nitrogens is 2. The van der Waals surface area contributed by atoms with Crippen LogP contribution in [-0.4, -0.2) is 47.8 Å². The zero-order chi connectivity index (χ0) is 13.7. The molecule has 5 heteroatoms. The lowest BCUT2D eigenvalue weighted by atomic mass is 10.1. The topological polar surface area (TPSA) is 50.2 Å². The monoisotopic (exact) mass is 252 g/mol. The number of amides is 1. The van der Waals surface area contributed by atoms with Crippen LogP contribution in [0.2, 0.25) is 0 Å². The minimum absolute atomic E-state index is 0.111. The number of carbonyl (C=O) groups excluding carboxylic acids is 1. The minimum Gasteiger partial charge on any atom is -0.355 e. The average Bonchev–Trinajstić information content (AvgIpc) is 2.50. The highest BCUT2D eigenvalue weighted by Crippen LogP contribution is 2.13. The van der Waals surface area contributed by atoms with Crippen LogP contribution in [0.3, 0.4) is 0 Å². The summed E-state index contributed by atoms with van der Waals surface area (Å²) >= 11 is 0. The molecule has 0 spiro atoms. The molecule has 1 amide bonds. The van der Waals surface area contributed by atoms with E-state index in [1.807, 2.05) is 39.7 Å². The number of carbonyl (C=O) groups is 1. The molecule has 1 aromatic rings. The smallest absolute Gasteiger partial charge is 0.220 e. The SMILES string of the molecule is Cc1nn(C)c(C)c1CCC(=O)NCCN(C)C. The largest absolute Gasteiger partial charge is 0.355 e. The summed E-state index contributed by atoms with van der Waals surface area (Å²) < 4.78 is 1.87. The van der Waals surface area contributed by atoms with Gasteiger partial charge in [-0.15, -0.1) is 0 Å². The van der Waals surface area contributed by atoms with Crippen LogP contribution in [0, 0.1) is 13.8 Å². The van der Waals surface area contributed by atoms with Crippen LogP contribution in [-0.2, 0) is 18.3 Å². The quantitative estimate of drug-likeness (QED) is 0.808. The van der Waals surface area contributed by atoms with E-state index < -0.39 is 0 Å². The molecule has 102 valence electrons. The van der Waals surface area contributed by atoms with Crippen LogP contribution < -0.4 is 5.32 Å². The van der Waals surface area contributed by atoms with E-state index >= 15 is 0 Å². The Morgan fingerprint density at radius 1 is 1.39 bits per heavy atom. The van der Waals surface area contributed by atoms with Crippen molar-refractivity contribution in [3.8, 4) is 0 Å². The standard InChI is InChI=1S/C13H24N4O/c1-10-12(11(2)17(5)15-10)6-7-13(18)14-8-9-16(3)4/h6-9H2,1-5H3,(H,14,18). The molecule has 0 aliphatic heterocycles. The summed E-state index contributed by atoms with van der Waals surface area (Å²) in [6.45, 7) is 5.61. The van der Waals surface area contributed by atoms with E-state index in [2.05, 4.69) is 15.3 Å². The van der Waals surface area contributed by atoms with Crippen LogP contribution in [0.5, 0.6) is 0 Å². The van der Waals surface area contributed by atoms with E-state index in [1.54, 1.807) is 0 Å². The lowest BCUT2D eigenvalue weighted by Crippen LogP contribution is -2.31. The van der Waals surface area contributed by atoms with Gasteiger partial charge in [0.05, 0.1) is 5.69 Å². The molecule has 1 N–H and O–H groups in total. The normalized spacial score (nSPS) is 11.0. The second kappa shape index (κ2) is 6.54. The highest BCUT2D eigenvalue weighted by Gasteiger charge is 2.10. The van der Waals surface area contributed by atoms with Crippen LogP contribution in [0.4, 0.5) is 0 Å². The van der Waals surface area contributed by atoms with Gasteiger partial charge in [0.25, 0.3) is 0 Å². The van der Waals surface area contributed by atoms with E-state index in [4.69, 9.17) is 0 Å². The Balaban J connectivity index is 2.38. The summed E-state index contributed by atoms with van der Waals surface area (Å²) in [5.74, 6) is 0.111. The molecule has 1 rings (SSSR count). The van der Waals surface area contributed by atoms with Crippen molar-refractivity contribution in [2.45, 2.75) is 26.7 Å². The molecule has 0 aliphatic carbocycles. The van der Waals surface area contributed by atoms with E-state index in [9.17, 15) is 4.79 Å². The molecule has 0 radical (unpaired) electrons. The summed E-state index contributed by atoms with van der Waals surface area (Å²) in [6.07, 6.45) is 1.29. The van der Waals surface area contributed by atoms with Gasteiger partial charge in [-0.1, -0.05) is 0 Å². The Hall–Kier alpha value is -1.36. The number of nitrogens with zero attached hydrogens (tertiary/aromatic N) is 3. The van der Waals surface area contributed by atoms with Gasteiger partial charge in [0.2, 0.25) is 5.91 Å². The average molecular weight is 252 g/mol.